The van der Waals surface area contributed by atoms with Crippen molar-refractivity contribution in [2.45, 2.75) is 87.2 Å². The summed E-state index contributed by atoms with van der Waals surface area (Å²) in [6.45, 7) is -4.32. The molecule has 2 saturated heterocycles. The maximum absolute atomic E-state index is 12.6. The fourth-order valence-corrected chi connectivity index (χ4v) is 7.96. The quantitative estimate of drug-likeness (QED) is 0.0200. The molecular formula is C39H74N4O27P2S. The van der Waals surface area contributed by atoms with E-state index in [0.717, 1.165) is 6.66 Å². The third kappa shape index (κ3) is 28.7. The summed E-state index contributed by atoms with van der Waals surface area (Å²) in [7, 11) is -4.02. The molecule has 0 aliphatic carbocycles. The summed E-state index contributed by atoms with van der Waals surface area (Å²) in [5, 5.41) is 79.2. The minimum atomic E-state index is -4.09. The highest BCUT2D eigenvalue weighted by molar-refractivity contribution is 8.07. The lowest BCUT2D eigenvalue weighted by atomic mass is 9.97. The standard InChI is InChI=1S/C39H74N4O27P2S/c1-24(47)40-32-36(53)34(51)28(17-45)69-38(32)64-14-12-60-6-4-58-8-10-62-22-30(49)42-26(16-44)19-67-72(57,73)68-21-27(20-66-71(3,55)56)43-31(50)23-63-11-9-59-5-7-61-13-15-65-39-33(41-25(2)48)37(54)35(52)29(18-46)70-39/h26-29,32-39,44-46,51-54H,4-23H2,1-3H3,(H,40,47)(H,41,48)(H,42,49)(H,43,50)(H,55,56)(H,57,73)/t26?,27?,28-,29-,32-,33-,34+,35+,36-,37-,38-,39-,72?/m1/s1. The van der Waals surface area contributed by atoms with Gasteiger partial charge in [-0.15, -0.1) is 0 Å². The van der Waals surface area contributed by atoms with E-state index in [1.807, 2.05) is 0 Å². The van der Waals surface area contributed by atoms with Gasteiger partial charge in [-0.05, 0) is 11.8 Å². The number of ether oxygens (including phenoxy) is 10. The van der Waals surface area contributed by atoms with Gasteiger partial charge in [0.1, 0.15) is 61.9 Å². The van der Waals surface area contributed by atoms with Gasteiger partial charge >= 0.3 is 14.3 Å². The van der Waals surface area contributed by atoms with E-state index in [1.54, 1.807) is 0 Å². The van der Waals surface area contributed by atoms with Crippen molar-refractivity contribution in [3.63, 3.8) is 0 Å². The summed E-state index contributed by atoms with van der Waals surface area (Å²) in [6, 6.07) is -4.36. The Morgan fingerprint density at radius 2 is 0.890 bits per heavy atom. The topological polar surface area (TPSA) is 436 Å². The van der Waals surface area contributed by atoms with Crippen molar-refractivity contribution in [1.82, 2.24) is 21.3 Å². The Morgan fingerprint density at radius 1 is 0.548 bits per heavy atom. The van der Waals surface area contributed by atoms with Gasteiger partial charge in [-0.25, -0.2) is 0 Å². The maximum atomic E-state index is 12.6. The van der Waals surface area contributed by atoms with Gasteiger partial charge in [0, 0.05) is 20.5 Å². The highest BCUT2D eigenvalue weighted by atomic mass is 32.5. The van der Waals surface area contributed by atoms with Crippen LogP contribution in [0.1, 0.15) is 13.8 Å². The van der Waals surface area contributed by atoms with Gasteiger partial charge in [0.25, 0.3) is 0 Å². The van der Waals surface area contributed by atoms with E-state index in [0.29, 0.717) is 0 Å². The van der Waals surface area contributed by atoms with E-state index in [9.17, 15) is 69.3 Å². The SMILES string of the molecule is CC(=O)N[C@H]1[C@H](OCCOCCOCCOCC(=O)NC(CO)COP(O)(=S)OCC(COP(C)(=O)O)NC(=O)COCCOCCOCCO[C@@H]2O[C@H](CO)[C@H](O)[C@H](O)[C@H]2NC(C)=O)O[C@H](CO)[C@H](O)[C@@H]1O. The second kappa shape index (κ2) is 36.8. The first-order valence-electron chi connectivity index (χ1n) is 22.9. The molecule has 4 unspecified atom stereocenters. The van der Waals surface area contributed by atoms with Gasteiger partial charge in [-0.3, -0.25) is 23.7 Å². The first-order valence-corrected chi connectivity index (χ1v) is 27.5. The van der Waals surface area contributed by atoms with Crippen LogP contribution < -0.4 is 21.3 Å². The molecule has 0 aromatic heterocycles. The van der Waals surface area contributed by atoms with Gasteiger partial charge in [0.2, 0.25) is 23.6 Å². The third-order valence-electron chi connectivity index (χ3n) is 9.82. The largest absolute Gasteiger partial charge is 0.394 e. The van der Waals surface area contributed by atoms with Crippen molar-refractivity contribution in [2.75, 3.05) is 139 Å². The van der Waals surface area contributed by atoms with Crippen molar-refractivity contribution >= 4 is 49.7 Å². The zero-order chi connectivity index (χ0) is 54.4. The molecule has 2 heterocycles. The molecule has 0 aromatic carbocycles. The second-order valence-electron chi connectivity index (χ2n) is 16.0. The van der Waals surface area contributed by atoms with Crippen LogP contribution in [0.4, 0.5) is 0 Å². The van der Waals surface area contributed by atoms with Gasteiger partial charge < -0.3 is 128 Å². The number of aliphatic hydroxyl groups is 7. The maximum Gasteiger partial charge on any atom is 0.325 e. The van der Waals surface area contributed by atoms with E-state index in [4.69, 9.17) is 72.7 Å². The van der Waals surface area contributed by atoms with Crippen LogP contribution in [-0.4, -0.2) is 281 Å². The summed E-state index contributed by atoms with van der Waals surface area (Å²) < 4.78 is 81.4. The predicted octanol–water partition coefficient (Wildman–Crippen LogP) is -6.95. The van der Waals surface area contributed by atoms with E-state index < -0.39 is 164 Å². The highest BCUT2D eigenvalue weighted by Gasteiger charge is 2.46. The zero-order valence-electron chi connectivity index (χ0n) is 40.7. The zero-order valence-corrected chi connectivity index (χ0v) is 43.4. The van der Waals surface area contributed by atoms with Crippen LogP contribution in [0.3, 0.4) is 0 Å². The molecule has 0 radical (unpaired) electrons. The number of aliphatic hydroxyl groups excluding tert-OH is 7. The molecule has 14 atom stereocenters. The average Bonchev–Trinajstić information content (AvgIpc) is 3.33. The molecule has 4 amide bonds. The van der Waals surface area contributed by atoms with Crippen molar-refractivity contribution in [2.24, 2.45) is 0 Å². The molecule has 13 N–H and O–H groups in total. The minimum Gasteiger partial charge on any atom is -0.394 e. The van der Waals surface area contributed by atoms with Crippen LogP contribution in [0.5, 0.6) is 0 Å². The fraction of sp³-hybridized carbons (Fsp3) is 0.897. The average molecular weight is 1130 g/mol. The van der Waals surface area contributed by atoms with Crippen molar-refractivity contribution in [3.05, 3.63) is 0 Å². The normalized spacial score (nSPS) is 26.7. The number of carbonyl (C=O) groups is 4. The van der Waals surface area contributed by atoms with Gasteiger partial charge in [0.15, 0.2) is 12.6 Å². The Balaban J connectivity index is 1.59. The lowest BCUT2D eigenvalue weighted by molar-refractivity contribution is -0.272. The Hall–Kier alpha value is -2.12. The molecule has 2 rings (SSSR count). The summed E-state index contributed by atoms with van der Waals surface area (Å²) in [5.41, 5.74) is 0. The summed E-state index contributed by atoms with van der Waals surface area (Å²) in [5.74, 6) is -2.34. The number of hydrogen-bond donors (Lipinski definition) is 13. The summed E-state index contributed by atoms with van der Waals surface area (Å²) >= 11 is 5.01. The van der Waals surface area contributed by atoms with Crippen LogP contribution in [0.2, 0.25) is 0 Å². The molecule has 34 heteroatoms. The number of rotatable bonds is 40. The van der Waals surface area contributed by atoms with Crippen molar-refractivity contribution in [3.8, 4) is 0 Å². The molecule has 428 valence electrons. The van der Waals surface area contributed by atoms with Crippen LogP contribution in [0.15, 0.2) is 0 Å². The molecular weight excluding hydrogens is 1050 g/mol. The molecule has 0 bridgehead atoms. The fourth-order valence-electron chi connectivity index (χ4n) is 6.33. The van der Waals surface area contributed by atoms with Crippen LogP contribution in [0.25, 0.3) is 0 Å². The second-order valence-corrected chi connectivity index (χ2v) is 20.7. The summed E-state index contributed by atoms with van der Waals surface area (Å²) in [6.07, 6.45) is -10.3. The van der Waals surface area contributed by atoms with E-state index in [2.05, 4.69) is 21.3 Å². The van der Waals surface area contributed by atoms with E-state index in [1.165, 1.54) is 13.8 Å². The Bertz CT molecular complexity index is 1680. The number of carbonyl (C=O) groups excluding carboxylic acids is 4. The van der Waals surface area contributed by atoms with Crippen molar-refractivity contribution in [1.29, 1.82) is 0 Å². The molecule has 73 heavy (non-hydrogen) atoms. The molecule has 0 aromatic rings. The lowest BCUT2D eigenvalue weighted by Crippen LogP contribution is -2.64. The minimum absolute atomic E-state index is 0.00681. The van der Waals surface area contributed by atoms with E-state index in [-0.39, 0.29) is 79.3 Å². The molecule has 2 aliphatic rings. The van der Waals surface area contributed by atoms with Crippen molar-refractivity contribution < 1.29 is 130 Å². The van der Waals surface area contributed by atoms with Crippen LogP contribution >= 0.6 is 14.3 Å². The monoisotopic (exact) mass is 1120 g/mol. The third-order valence-corrected chi connectivity index (χ3v) is 12.0. The van der Waals surface area contributed by atoms with E-state index >= 15 is 0 Å². The molecule has 0 saturated carbocycles. The summed E-state index contributed by atoms with van der Waals surface area (Å²) in [4.78, 5) is 68.2. The van der Waals surface area contributed by atoms with Crippen LogP contribution in [-0.2, 0) is 96.5 Å². The Kier molecular flexibility index (Phi) is 33.8. The highest BCUT2D eigenvalue weighted by Crippen LogP contribution is 2.44. The van der Waals surface area contributed by atoms with Gasteiger partial charge in [-0.2, -0.15) is 0 Å². The first kappa shape index (κ1) is 67.0. The lowest BCUT2D eigenvalue weighted by Gasteiger charge is -2.42. The number of amides is 4. The van der Waals surface area contributed by atoms with Crippen LogP contribution in [0, 0.1) is 0 Å². The van der Waals surface area contributed by atoms with Gasteiger partial charge in [-0.1, -0.05) is 0 Å². The number of hydrogen-bond acceptors (Lipinski definition) is 26. The van der Waals surface area contributed by atoms with Gasteiger partial charge in [0.05, 0.1) is 131 Å². The Morgan fingerprint density at radius 3 is 1.25 bits per heavy atom. The first-order chi connectivity index (χ1) is 34.6. The molecule has 31 nitrogen and oxygen atoms in total. The molecule has 2 aliphatic heterocycles. The predicted molar refractivity (Wildman–Crippen MR) is 249 cm³/mol. The molecule has 0 spiro atoms. The smallest absolute Gasteiger partial charge is 0.325 e. The Labute approximate surface area is 426 Å². The molecule has 2 fully saturated rings. The number of nitrogens with one attached hydrogen (secondary N) is 4.